The van der Waals surface area contributed by atoms with Gasteiger partial charge in [-0.25, -0.2) is 0 Å². The molecule has 1 unspecified atom stereocenters. The van der Waals surface area contributed by atoms with Crippen LogP contribution in [0.5, 0.6) is 0 Å². The number of halogens is 1. The van der Waals surface area contributed by atoms with Crippen LogP contribution in [0.15, 0.2) is 11.6 Å². The van der Waals surface area contributed by atoms with Crippen LogP contribution in [0, 0.1) is 0 Å². The van der Waals surface area contributed by atoms with Gasteiger partial charge in [0.1, 0.15) is 0 Å². The number of alkyl halides is 1. The van der Waals surface area contributed by atoms with Gasteiger partial charge in [0.2, 0.25) is 0 Å². The fourth-order valence-corrected chi connectivity index (χ4v) is 1.08. The van der Waals surface area contributed by atoms with Gasteiger partial charge in [-0.3, -0.25) is 0 Å². The Balaban J connectivity index is 3.53. The third kappa shape index (κ3) is 7.89. The summed E-state index contributed by atoms with van der Waals surface area (Å²) in [6.07, 6.45) is 2.21. The van der Waals surface area contributed by atoms with Crippen molar-refractivity contribution in [2.45, 2.75) is 26.1 Å². The van der Waals surface area contributed by atoms with Crippen LogP contribution in [0.25, 0.3) is 0 Å². The molecule has 0 aromatic heterocycles. The first-order valence-electron chi connectivity index (χ1n) is 3.98. The monoisotopic (exact) mass is 175 g/mol. The minimum Gasteiger partial charge on any atom is -0.301 e. The van der Waals surface area contributed by atoms with Gasteiger partial charge < -0.3 is 4.90 Å². The largest absolute Gasteiger partial charge is 0.301 e. The van der Waals surface area contributed by atoms with E-state index < -0.39 is 0 Å². The number of rotatable bonds is 4. The average molecular weight is 176 g/mol. The molecule has 0 N–H and O–H groups in total. The summed E-state index contributed by atoms with van der Waals surface area (Å²) in [5.74, 6) is 0. The predicted molar refractivity (Wildman–Crippen MR) is 52.2 cm³/mol. The summed E-state index contributed by atoms with van der Waals surface area (Å²) in [6, 6.07) is 0. The molecule has 0 aliphatic heterocycles. The Labute approximate surface area is 75.0 Å². The molecule has 0 aromatic rings. The first-order chi connectivity index (χ1) is 5.02. The number of allylic oxidation sites excluding steroid dienone is 1. The minimum atomic E-state index is 0.241. The zero-order valence-corrected chi connectivity index (χ0v) is 8.65. The van der Waals surface area contributed by atoms with Crippen molar-refractivity contribution >= 4 is 11.6 Å². The van der Waals surface area contributed by atoms with Crippen LogP contribution in [0.3, 0.4) is 0 Å². The first-order valence-corrected chi connectivity index (χ1v) is 4.42. The second kappa shape index (κ2) is 5.62. The summed E-state index contributed by atoms with van der Waals surface area (Å²) < 4.78 is 0. The normalized spacial score (nSPS) is 13.3. The van der Waals surface area contributed by atoms with Crippen molar-refractivity contribution in [1.29, 1.82) is 0 Å². The molecule has 0 radical (unpaired) electrons. The molecule has 0 fully saturated rings. The summed E-state index contributed by atoms with van der Waals surface area (Å²) >= 11 is 5.83. The van der Waals surface area contributed by atoms with Crippen molar-refractivity contribution < 1.29 is 0 Å². The second-order valence-corrected chi connectivity index (χ2v) is 4.03. The van der Waals surface area contributed by atoms with E-state index in [2.05, 4.69) is 31.9 Å². The summed E-state index contributed by atoms with van der Waals surface area (Å²) in [5, 5.41) is 0.241. The van der Waals surface area contributed by atoms with E-state index in [9.17, 15) is 0 Å². The van der Waals surface area contributed by atoms with Gasteiger partial charge in [-0.1, -0.05) is 11.6 Å². The van der Waals surface area contributed by atoms with Crippen LogP contribution < -0.4 is 0 Å². The van der Waals surface area contributed by atoms with Gasteiger partial charge in [-0.15, -0.1) is 11.6 Å². The van der Waals surface area contributed by atoms with Crippen LogP contribution in [0.1, 0.15) is 20.8 Å². The molecule has 0 heterocycles. The smallest absolute Gasteiger partial charge is 0.0435 e. The Morgan fingerprint density at radius 3 is 2.45 bits per heavy atom. The quantitative estimate of drug-likeness (QED) is 0.469. The predicted octanol–water partition coefficient (Wildman–Crippen LogP) is 2.51. The molecule has 0 aliphatic carbocycles. The van der Waals surface area contributed by atoms with Gasteiger partial charge in [0.25, 0.3) is 0 Å². The fraction of sp³-hybridized carbons (Fsp3) is 0.778. The maximum atomic E-state index is 5.83. The van der Waals surface area contributed by atoms with Gasteiger partial charge in [0, 0.05) is 18.5 Å². The Bertz CT molecular complexity index is 126. The van der Waals surface area contributed by atoms with Crippen molar-refractivity contribution in [3.63, 3.8) is 0 Å². The average Bonchev–Trinajstić information content (AvgIpc) is 1.82. The summed E-state index contributed by atoms with van der Waals surface area (Å²) in [6.45, 7) is 8.18. The molecular formula is C9H18ClN. The van der Waals surface area contributed by atoms with E-state index in [1.807, 2.05) is 6.92 Å². The lowest BCUT2D eigenvalue weighted by molar-refractivity contribution is 0.373. The summed E-state index contributed by atoms with van der Waals surface area (Å²) in [5.41, 5.74) is 1.36. The summed E-state index contributed by atoms with van der Waals surface area (Å²) in [7, 11) is 2.08. The topological polar surface area (TPSA) is 3.24 Å². The molecule has 0 rings (SSSR count). The minimum absolute atomic E-state index is 0.241. The number of hydrogen-bond acceptors (Lipinski definition) is 1. The van der Waals surface area contributed by atoms with E-state index in [1.165, 1.54) is 5.57 Å². The zero-order valence-electron chi connectivity index (χ0n) is 7.89. The zero-order chi connectivity index (χ0) is 8.85. The van der Waals surface area contributed by atoms with Crippen molar-refractivity contribution in [2.24, 2.45) is 0 Å². The standard InChI is InChI=1S/C9H18ClN/c1-8(2)5-6-11(4)7-9(3)10/h5,9H,6-7H2,1-4H3. The third-order valence-corrected chi connectivity index (χ3v) is 1.51. The highest BCUT2D eigenvalue weighted by Gasteiger charge is 1.99. The maximum absolute atomic E-state index is 5.83. The maximum Gasteiger partial charge on any atom is 0.0435 e. The van der Waals surface area contributed by atoms with Crippen molar-refractivity contribution in [1.82, 2.24) is 4.90 Å². The molecule has 0 spiro atoms. The van der Waals surface area contributed by atoms with Crippen LogP contribution in [-0.2, 0) is 0 Å². The SMILES string of the molecule is CC(C)=CCN(C)CC(C)Cl. The van der Waals surface area contributed by atoms with Crippen LogP contribution in [0.2, 0.25) is 0 Å². The van der Waals surface area contributed by atoms with Crippen LogP contribution in [-0.4, -0.2) is 30.4 Å². The highest BCUT2D eigenvalue weighted by molar-refractivity contribution is 6.20. The van der Waals surface area contributed by atoms with Gasteiger partial charge in [-0.05, 0) is 27.8 Å². The van der Waals surface area contributed by atoms with Gasteiger partial charge in [0.15, 0.2) is 0 Å². The van der Waals surface area contributed by atoms with Crippen LogP contribution in [0.4, 0.5) is 0 Å². The lowest BCUT2D eigenvalue weighted by Gasteiger charge is -2.15. The number of nitrogens with zero attached hydrogens (tertiary/aromatic N) is 1. The van der Waals surface area contributed by atoms with E-state index in [1.54, 1.807) is 0 Å². The number of likely N-dealkylation sites (N-methyl/N-ethyl adjacent to an activating group) is 1. The Hall–Kier alpha value is -0.0100. The summed E-state index contributed by atoms with van der Waals surface area (Å²) in [4.78, 5) is 2.21. The van der Waals surface area contributed by atoms with E-state index in [0.717, 1.165) is 13.1 Å². The molecule has 66 valence electrons. The molecule has 1 nitrogen and oxygen atoms in total. The molecule has 0 amide bonds. The van der Waals surface area contributed by atoms with Gasteiger partial charge in [0.05, 0.1) is 0 Å². The lowest BCUT2D eigenvalue weighted by atomic mass is 10.3. The molecule has 0 aromatic carbocycles. The molecule has 11 heavy (non-hydrogen) atoms. The molecule has 0 bridgehead atoms. The van der Waals surface area contributed by atoms with E-state index >= 15 is 0 Å². The highest BCUT2D eigenvalue weighted by Crippen LogP contribution is 1.97. The molecule has 0 aliphatic rings. The van der Waals surface area contributed by atoms with E-state index in [-0.39, 0.29) is 5.38 Å². The van der Waals surface area contributed by atoms with Crippen LogP contribution >= 0.6 is 11.6 Å². The third-order valence-electron chi connectivity index (χ3n) is 1.37. The molecule has 0 saturated carbocycles. The van der Waals surface area contributed by atoms with E-state index in [4.69, 9.17) is 11.6 Å². The van der Waals surface area contributed by atoms with Crippen molar-refractivity contribution in [2.75, 3.05) is 20.1 Å². The van der Waals surface area contributed by atoms with E-state index in [0.29, 0.717) is 0 Å². The second-order valence-electron chi connectivity index (χ2n) is 3.28. The number of hydrogen-bond donors (Lipinski definition) is 0. The Morgan fingerprint density at radius 1 is 1.55 bits per heavy atom. The molecule has 2 heteroatoms. The van der Waals surface area contributed by atoms with Gasteiger partial charge in [-0.2, -0.15) is 0 Å². The van der Waals surface area contributed by atoms with Gasteiger partial charge >= 0.3 is 0 Å². The molecular weight excluding hydrogens is 158 g/mol. The highest BCUT2D eigenvalue weighted by atomic mass is 35.5. The first kappa shape index (κ1) is 11.0. The molecule has 1 atom stereocenters. The van der Waals surface area contributed by atoms with Crippen molar-refractivity contribution in [3.05, 3.63) is 11.6 Å². The Morgan fingerprint density at radius 2 is 2.09 bits per heavy atom. The fourth-order valence-electron chi connectivity index (χ4n) is 0.842. The van der Waals surface area contributed by atoms with Crippen molar-refractivity contribution in [3.8, 4) is 0 Å². The Kier molecular flexibility index (Phi) is 5.61. The molecule has 0 saturated heterocycles. The lowest BCUT2D eigenvalue weighted by Crippen LogP contribution is -2.24.